The van der Waals surface area contributed by atoms with Crippen molar-refractivity contribution in [3.63, 3.8) is 0 Å². The number of nitrogens with zero attached hydrogens (tertiary/aromatic N) is 5. The number of hydrogen-bond donors (Lipinski definition) is 4. The van der Waals surface area contributed by atoms with Gasteiger partial charge in [-0.25, -0.2) is 0 Å². The lowest BCUT2D eigenvalue weighted by Gasteiger charge is -2.19. The number of ether oxygens (including phenoxy) is 2. The molecule has 0 amide bonds. The lowest BCUT2D eigenvalue weighted by atomic mass is 9.97. The van der Waals surface area contributed by atoms with E-state index in [1.165, 1.54) is 32.1 Å². The van der Waals surface area contributed by atoms with Crippen LogP contribution in [0.1, 0.15) is 47.9 Å². The highest BCUT2D eigenvalue weighted by atomic mass is 35.5. The molecule has 0 aliphatic carbocycles. The number of aliphatic hydroxyl groups excluding tert-OH is 1. The summed E-state index contributed by atoms with van der Waals surface area (Å²) in [5.41, 5.74) is 6.65. The number of hydrogen-bond acceptors (Lipinski definition) is 10. The van der Waals surface area contributed by atoms with E-state index >= 15 is 0 Å². The molecule has 12 nitrogen and oxygen atoms in total. The molecule has 13 heteroatoms. The first-order valence-electron chi connectivity index (χ1n) is 17.8. The fraction of sp³-hybridized carbons (Fsp3) is 0.350. The first-order chi connectivity index (χ1) is 25.9. The van der Waals surface area contributed by atoms with E-state index in [-0.39, 0.29) is 19.8 Å². The smallest absolute Gasteiger partial charge is 0.323 e. The largest absolute Gasteiger partial charge is 0.488 e. The molecule has 3 heterocycles. The molecular weight excluding hydrogens is 694 g/mol. The maximum atomic E-state index is 11.5. The number of benzene rings is 3. The predicted octanol–water partition coefficient (Wildman–Crippen LogP) is 6.23. The summed E-state index contributed by atoms with van der Waals surface area (Å²) in [6.07, 6.45) is 9.89. The number of fused-ring (bicyclic) bond motifs is 1. The number of unbranched alkanes of at least 4 members (excludes halogenated alkanes) is 1. The van der Waals surface area contributed by atoms with Gasteiger partial charge in [-0.1, -0.05) is 41.9 Å². The molecule has 1 aliphatic heterocycles. The summed E-state index contributed by atoms with van der Waals surface area (Å²) in [6, 6.07) is 18.3. The first-order valence-corrected chi connectivity index (χ1v) is 18.2. The van der Waals surface area contributed by atoms with Gasteiger partial charge in [0.2, 0.25) is 0 Å². The quantitative estimate of drug-likeness (QED) is 0.0756. The monoisotopic (exact) mass is 737 g/mol. The Morgan fingerprint density at radius 3 is 2.53 bits per heavy atom. The highest BCUT2D eigenvalue weighted by molar-refractivity contribution is 6.32. The number of anilines is 1. The van der Waals surface area contributed by atoms with Crippen LogP contribution < -0.4 is 20.1 Å². The highest BCUT2D eigenvalue weighted by Gasteiger charge is 2.20. The van der Waals surface area contributed by atoms with Gasteiger partial charge in [0.05, 0.1) is 28.9 Å². The number of pyridine rings is 1. The highest BCUT2D eigenvalue weighted by Crippen LogP contribution is 2.38. The van der Waals surface area contributed by atoms with Crippen LogP contribution in [0.4, 0.5) is 5.69 Å². The second-order valence-electron chi connectivity index (χ2n) is 13.1. The van der Waals surface area contributed by atoms with Gasteiger partial charge in [0, 0.05) is 71.9 Å². The molecule has 276 valence electrons. The summed E-state index contributed by atoms with van der Waals surface area (Å²) in [7, 11) is 1.89. The minimum atomic E-state index is -1.18. The Kier molecular flexibility index (Phi) is 12.8. The number of halogens is 1. The molecule has 2 aromatic heterocycles. The average molecular weight is 738 g/mol. The topological polar surface area (TPSA) is 158 Å². The molecular formula is C40H44ClN7O5. The minimum absolute atomic E-state index is 0.0516. The molecule has 0 bridgehead atoms. The molecule has 1 unspecified atom stereocenters. The van der Waals surface area contributed by atoms with Gasteiger partial charge in [0.25, 0.3) is 0 Å². The SMILES string of the molecule is CNc1c(COc2cc(OCc3cncc(C#N)c3)c(CNC(CO)C(=O)O)cc2Cl)cccc1-c1cccc2c1cnn2CCCCN1CCCC1. The van der Waals surface area contributed by atoms with Crippen LogP contribution in [0.3, 0.4) is 0 Å². The van der Waals surface area contributed by atoms with E-state index in [0.29, 0.717) is 33.2 Å². The summed E-state index contributed by atoms with van der Waals surface area (Å²) >= 11 is 6.74. The Balaban J connectivity index is 1.21. The molecule has 0 radical (unpaired) electrons. The van der Waals surface area contributed by atoms with Crippen LogP contribution in [0.2, 0.25) is 5.02 Å². The summed E-state index contributed by atoms with van der Waals surface area (Å²) < 4.78 is 14.6. The summed E-state index contributed by atoms with van der Waals surface area (Å²) in [6.45, 7) is 4.21. The Morgan fingerprint density at radius 1 is 0.981 bits per heavy atom. The van der Waals surface area contributed by atoms with Crippen molar-refractivity contribution < 1.29 is 24.5 Å². The van der Waals surface area contributed by atoms with Crippen molar-refractivity contribution in [2.24, 2.45) is 0 Å². The molecule has 3 aromatic carbocycles. The second-order valence-corrected chi connectivity index (χ2v) is 13.5. The predicted molar refractivity (Wildman–Crippen MR) is 204 cm³/mol. The second kappa shape index (κ2) is 18.0. The number of nitriles is 1. The van der Waals surface area contributed by atoms with E-state index in [4.69, 9.17) is 26.2 Å². The molecule has 4 N–H and O–H groups in total. The molecule has 1 atom stereocenters. The summed E-state index contributed by atoms with van der Waals surface area (Å²) in [4.78, 5) is 18.2. The van der Waals surface area contributed by atoms with Gasteiger partial charge < -0.3 is 29.9 Å². The number of nitrogens with one attached hydrogen (secondary N) is 2. The number of aliphatic carboxylic acids is 1. The molecule has 1 fully saturated rings. The van der Waals surface area contributed by atoms with Crippen molar-refractivity contribution in [2.45, 2.75) is 58.0 Å². The molecule has 6 rings (SSSR count). The van der Waals surface area contributed by atoms with Crippen LogP contribution in [0.15, 0.2) is 73.2 Å². The number of likely N-dealkylation sites (tertiary alicyclic amines) is 1. The van der Waals surface area contributed by atoms with Gasteiger partial charge in [-0.15, -0.1) is 0 Å². The zero-order valence-electron chi connectivity index (χ0n) is 29.7. The maximum absolute atomic E-state index is 11.5. The van der Waals surface area contributed by atoms with Gasteiger partial charge in [0.15, 0.2) is 0 Å². The number of aromatic nitrogens is 3. The van der Waals surface area contributed by atoms with Gasteiger partial charge >= 0.3 is 5.97 Å². The third-order valence-corrected chi connectivity index (χ3v) is 9.80. The van der Waals surface area contributed by atoms with E-state index in [1.807, 2.05) is 25.4 Å². The van der Waals surface area contributed by atoms with Crippen molar-refractivity contribution in [1.82, 2.24) is 25.0 Å². The lowest BCUT2D eigenvalue weighted by molar-refractivity contribution is -0.140. The minimum Gasteiger partial charge on any atom is -0.488 e. The van der Waals surface area contributed by atoms with E-state index < -0.39 is 18.6 Å². The van der Waals surface area contributed by atoms with Gasteiger partial charge in [-0.3, -0.25) is 19.8 Å². The van der Waals surface area contributed by atoms with Crippen molar-refractivity contribution >= 4 is 34.2 Å². The number of carboxylic acid groups (broad SMARTS) is 1. The number of para-hydroxylation sites is 1. The van der Waals surface area contributed by atoms with Crippen molar-refractivity contribution in [1.29, 1.82) is 5.26 Å². The van der Waals surface area contributed by atoms with Crippen LogP contribution in [-0.4, -0.2) is 75.2 Å². The molecule has 1 aliphatic rings. The number of carbonyl (C=O) groups is 1. The maximum Gasteiger partial charge on any atom is 0.323 e. The fourth-order valence-corrected chi connectivity index (χ4v) is 6.97. The van der Waals surface area contributed by atoms with Gasteiger partial charge in [0.1, 0.15) is 36.8 Å². The Hall–Kier alpha value is -5.19. The van der Waals surface area contributed by atoms with Crippen molar-refractivity contribution in [2.75, 3.05) is 38.6 Å². The van der Waals surface area contributed by atoms with Crippen LogP contribution in [0, 0.1) is 11.3 Å². The molecule has 1 saturated heterocycles. The Morgan fingerprint density at radius 2 is 1.75 bits per heavy atom. The van der Waals surface area contributed by atoms with Crippen LogP contribution >= 0.6 is 11.6 Å². The molecule has 5 aromatic rings. The van der Waals surface area contributed by atoms with Crippen molar-refractivity contribution in [3.05, 3.63) is 100 Å². The summed E-state index contributed by atoms with van der Waals surface area (Å²) in [5, 5.41) is 40.6. The molecule has 53 heavy (non-hydrogen) atoms. The summed E-state index contributed by atoms with van der Waals surface area (Å²) in [5.74, 6) is -0.424. The molecule has 0 spiro atoms. The van der Waals surface area contributed by atoms with Crippen LogP contribution in [0.5, 0.6) is 11.5 Å². The van der Waals surface area contributed by atoms with Crippen LogP contribution in [0.25, 0.3) is 22.0 Å². The third-order valence-electron chi connectivity index (χ3n) is 9.51. The van der Waals surface area contributed by atoms with Crippen molar-refractivity contribution in [3.8, 4) is 28.7 Å². The van der Waals surface area contributed by atoms with Crippen LogP contribution in [-0.2, 0) is 31.1 Å². The number of rotatable bonds is 18. The van der Waals surface area contributed by atoms with Gasteiger partial charge in [-0.2, -0.15) is 10.4 Å². The number of aryl methyl sites for hydroxylation is 1. The van der Waals surface area contributed by atoms with E-state index in [0.717, 1.165) is 59.2 Å². The van der Waals surface area contributed by atoms with E-state index in [1.54, 1.807) is 24.4 Å². The number of aliphatic hydroxyl groups is 1. The first kappa shape index (κ1) is 37.6. The number of carboxylic acids is 1. The Labute approximate surface area is 313 Å². The van der Waals surface area contributed by atoms with Gasteiger partial charge in [-0.05, 0) is 69.1 Å². The average Bonchev–Trinajstić information content (AvgIpc) is 3.86. The standard InChI is InChI=1S/C40H44ClN7O5/c1-43-39-29(8-6-10-32(39)31-9-7-11-36-33(31)23-46-48(36)15-5-4-14-47-12-2-3-13-47)26-53-38-18-37(52-25-28-16-27(19-42)20-44-21-28)30(17-34(38)41)22-45-35(24-49)40(50)51/h6-11,16-18,20-21,23,35,43,45,49H,2-5,12-15,22,24-26H2,1H3,(H,50,51). The Bertz CT molecular complexity index is 2070. The van der Waals surface area contributed by atoms with E-state index in [9.17, 15) is 20.3 Å². The zero-order chi connectivity index (χ0) is 37.2. The zero-order valence-corrected chi connectivity index (χ0v) is 30.5. The molecule has 0 saturated carbocycles. The lowest BCUT2D eigenvalue weighted by Crippen LogP contribution is -2.39. The normalized spacial score (nSPS) is 13.5. The fourth-order valence-electron chi connectivity index (χ4n) is 6.73. The van der Waals surface area contributed by atoms with E-state index in [2.05, 4.69) is 55.5 Å². The third kappa shape index (κ3) is 9.25.